The Kier molecular flexibility index (Phi) is 3.40. The number of carbonyl (C=O) groups excluding carboxylic acids is 1. The van der Waals surface area contributed by atoms with Crippen LogP contribution in [-0.2, 0) is 0 Å². The second-order valence-electron chi connectivity index (χ2n) is 4.24. The Balaban J connectivity index is 2.28. The molecule has 0 aliphatic carbocycles. The van der Waals surface area contributed by atoms with Crippen LogP contribution >= 0.6 is 0 Å². The zero-order chi connectivity index (χ0) is 13.1. The molecule has 1 aliphatic rings. The fourth-order valence-corrected chi connectivity index (χ4v) is 2.00. The maximum Gasteiger partial charge on any atom is 0.288 e. The molecular formula is C11H14N4O3. The van der Waals surface area contributed by atoms with Gasteiger partial charge in [0.05, 0.1) is 10.5 Å². The van der Waals surface area contributed by atoms with E-state index < -0.39 is 4.92 Å². The first kappa shape index (κ1) is 12.3. The first-order chi connectivity index (χ1) is 8.59. The van der Waals surface area contributed by atoms with Crippen molar-refractivity contribution in [2.24, 2.45) is 0 Å². The number of aromatic nitrogens is 1. The molecule has 1 aromatic heterocycles. The molecule has 96 valence electrons. The summed E-state index contributed by atoms with van der Waals surface area (Å²) in [6.45, 7) is 1.34. The summed E-state index contributed by atoms with van der Waals surface area (Å²) in [5, 5.41) is 10.7. The average Bonchev–Trinajstić information content (AvgIpc) is 2.39. The molecule has 1 amide bonds. The van der Waals surface area contributed by atoms with Gasteiger partial charge in [0.2, 0.25) is 0 Å². The van der Waals surface area contributed by atoms with E-state index in [4.69, 9.17) is 5.73 Å². The highest BCUT2D eigenvalue weighted by molar-refractivity contribution is 5.98. The van der Waals surface area contributed by atoms with Crippen molar-refractivity contribution < 1.29 is 9.72 Å². The van der Waals surface area contributed by atoms with Gasteiger partial charge in [-0.25, -0.2) is 4.98 Å². The van der Waals surface area contributed by atoms with E-state index in [1.165, 1.54) is 6.07 Å². The summed E-state index contributed by atoms with van der Waals surface area (Å²) < 4.78 is 0. The number of hydrogen-bond acceptors (Lipinski definition) is 5. The number of nitro groups is 1. The molecule has 2 N–H and O–H groups in total. The predicted octanol–water partition coefficient (Wildman–Crippen LogP) is 1.20. The average molecular weight is 250 g/mol. The molecular weight excluding hydrogens is 236 g/mol. The van der Waals surface area contributed by atoms with E-state index in [2.05, 4.69) is 4.98 Å². The summed E-state index contributed by atoms with van der Waals surface area (Å²) in [5.74, 6) is -0.237. The molecule has 18 heavy (non-hydrogen) atoms. The van der Waals surface area contributed by atoms with Gasteiger partial charge in [0, 0.05) is 19.2 Å². The molecule has 1 saturated heterocycles. The highest BCUT2D eigenvalue weighted by Crippen LogP contribution is 2.20. The van der Waals surface area contributed by atoms with Crippen LogP contribution in [0.2, 0.25) is 0 Å². The molecule has 0 spiro atoms. The zero-order valence-corrected chi connectivity index (χ0v) is 9.83. The maximum absolute atomic E-state index is 12.2. The van der Waals surface area contributed by atoms with Crippen molar-refractivity contribution in [1.29, 1.82) is 0 Å². The molecule has 1 fully saturated rings. The topological polar surface area (TPSA) is 102 Å². The number of nitrogen functional groups attached to an aromatic ring is 1. The summed E-state index contributed by atoms with van der Waals surface area (Å²) in [6, 6.07) is 1.19. The SMILES string of the molecule is Nc1ncc([N+](=O)[O-])cc1C(=O)N1CCCCC1. The highest BCUT2D eigenvalue weighted by atomic mass is 16.6. The number of anilines is 1. The molecule has 2 rings (SSSR count). The number of carbonyl (C=O) groups is 1. The third-order valence-electron chi connectivity index (χ3n) is 2.99. The molecule has 0 bridgehead atoms. The molecule has 0 unspecified atom stereocenters. The standard InChI is InChI=1S/C11H14N4O3/c12-10-9(6-8(7-13-10)15(17)18)11(16)14-4-2-1-3-5-14/h6-7H,1-5H2,(H2,12,13). The minimum Gasteiger partial charge on any atom is -0.383 e. The van der Waals surface area contributed by atoms with E-state index in [1.807, 2.05) is 0 Å². The van der Waals surface area contributed by atoms with E-state index >= 15 is 0 Å². The van der Waals surface area contributed by atoms with Crippen molar-refractivity contribution in [2.75, 3.05) is 18.8 Å². The number of nitrogens with two attached hydrogens (primary N) is 1. The van der Waals surface area contributed by atoms with Crippen molar-refractivity contribution >= 4 is 17.4 Å². The van der Waals surface area contributed by atoms with Crippen LogP contribution in [0.3, 0.4) is 0 Å². The Hall–Kier alpha value is -2.18. The molecule has 0 aromatic carbocycles. The summed E-state index contributed by atoms with van der Waals surface area (Å²) in [6.07, 6.45) is 4.07. The van der Waals surface area contributed by atoms with Crippen LogP contribution in [0.4, 0.5) is 11.5 Å². The number of hydrogen-bond donors (Lipinski definition) is 1. The molecule has 1 aliphatic heterocycles. The third kappa shape index (κ3) is 2.39. The van der Waals surface area contributed by atoms with Gasteiger partial charge in [-0.15, -0.1) is 0 Å². The minimum atomic E-state index is -0.584. The lowest BCUT2D eigenvalue weighted by Crippen LogP contribution is -2.36. The number of piperidine rings is 1. The quantitative estimate of drug-likeness (QED) is 0.627. The second kappa shape index (κ2) is 4.99. The Morgan fingerprint density at radius 1 is 1.39 bits per heavy atom. The molecule has 7 heteroatoms. The molecule has 2 heterocycles. The van der Waals surface area contributed by atoms with Gasteiger partial charge in [-0.3, -0.25) is 14.9 Å². The van der Waals surface area contributed by atoms with Crippen molar-refractivity contribution in [3.63, 3.8) is 0 Å². The highest BCUT2D eigenvalue weighted by Gasteiger charge is 2.23. The molecule has 0 atom stereocenters. The van der Waals surface area contributed by atoms with Gasteiger partial charge in [0.15, 0.2) is 0 Å². The van der Waals surface area contributed by atoms with Crippen LogP contribution in [0.15, 0.2) is 12.3 Å². The van der Waals surface area contributed by atoms with Gasteiger partial charge in [-0.05, 0) is 19.3 Å². The van der Waals surface area contributed by atoms with E-state index in [1.54, 1.807) is 4.90 Å². The fraction of sp³-hybridized carbons (Fsp3) is 0.455. The van der Waals surface area contributed by atoms with Crippen molar-refractivity contribution in [2.45, 2.75) is 19.3 Å². The van der Waals surface area contributed by atoms with Crippen LogP contribution < -0.4 is 5.73 Å². The molecule has 7 nitrogen and oxygen atoms in total. The largest absolute Gasteiger partial charge is 0.383 e. The zero-order valence-electron chi connectivity index (χ0n) is 9.83. The summed E-state index contributed by atoms with van der Waals surface area (Å²) in [4.78, 5) is 27.6. The normalized spacial score (nSPS) is 15.4. The van der Waals surface area contributed by atoms with Crippen molar-refractivity contribution in [3.8, 4) is 0 Å². The lowest BCUT2D eigenvalue weighted by Gasteiger charge is -2.26. The molecule has 1 aromatic rings. The Labute approximate surface area is 104 Å². The van der Waals surface area contributed by atoms with Gasteiger partial charge in [-0.1, -0.05) is 0 Å². The van der Waals surface area contributed by atoms with Crippen LogP contribution in [0, 0.1) is 10.1 Å². The summed E-state index contributed by atoms with van der Waals surface area (Å²) in [5.41, 5.74) is 5.51. The number of amides is 1. The Morgan fingerprint density at radius 3 is 2.67 bits per heavy atom. The molecule has 0 radical (unpaired) electrons. The van der Waals surface area contributed by atoms with Gasteiger partial charge in [-0.2, -0.15) is 0 Å². The van der Waals surface area contributed by atoms with E-state index in [0.717, 1.165) is 25.5 Å². The Morgan fingerprint density at radius 2 is 2.06 bits per heavy atom. The fourth-order valence-electron chi connectivity index (χ4n) is 2.00. The van der Waals surface area contributed by atoms with Crippen LogP contribution in [0.25, 0.3) is 0 Å². The monoisotopic (exact) mass is 250 g/mol. The second-order valence-corrected chi connectivity index (χ2v) is 4.24. The smallest absolute Gasteiger partial charge is 0.288 e. The van der Waals surface area contributed by atoms with Gasteiger partial charge >= 0.3 is 0 Å². The van der Waals surface area contributed by atoms with E-state index in [-0.39, 0.29) is 23.0 Å². The van der Waals surface area contributed by atoms with E-state index in [9.17, 15) is 14.9 Å². The summed E-state index contributed by atoms with van der Waals surface area (Å²) in [7, 11) is 0. The van der Waals surface area contributed by atoms with Gasteiger partial charge in [0.1, 0.15) is 12.0 Å². The third-order valence-corrected chi connectivity index (χ3v) is 2.99. The van der Waals surface area contributed by atoms with Crippen LogP contribution in [-0.4, -0.2) is 33.8 Å². The number of nitrogens with zero attached hydrogens (tertiary/aromatic N) is 3. The van der Waals surface area contributed by atoms with Gasteiger partial charge < -0.3 is 10.6 Å². The first-order valence-corrected chi connectivity index (χ1v) is 5.79. The maximum atomic E-state index is 12.2. The van der Waals surface area contributed by atoms with Gasteiger partial charge in [0.25, 0.3) is 11.6 Å². The number of rotatable bonds is 2. The van der Waals surface area contributed by atoms with Crippen molar-refractivity contribution in [3.05, 3.63) is 27.9 Å². The van der Waals surface area contributed by atoms with Crippen molar-refractivity contribution in [1.82, 2.24) is 9.88 Å². The molecule has 0 saturated carbocycles. The lowest BCUT2D eigenvalue weighted by atomic mass is 10.1. The van der Waals surface area contributed by atoms with Crippen LogP contribution in [0.1, 0.15) is 29.6 Å². The number of likely N-dealkylation sites (tertiary alicyclic amines) is 1. The predicted molar refractivity (Wildman–Crippen MR) is 65.1 cm³/mol. The minimum absolute atomic E-state index is 0.0381. The van der Waals surface area contributed by atoms with E-state index in [0.29, 0.717) is 13.1 Å². The first-order valence-electron chi connectivity index (χ1n) is 5.79. The lowest BCUT2D eigenvalue weighted by molar-refractivity contribution is -0.385. The summed E-state index contributed by atoms with van der Waals surface area (Å²) >= 11 is 0. The number of pyridine rings is 1. The van der Waals surface area contributed by atoms with Crippen LogP contribution in [0.5, 0.6) is 0 Å². The Bertz CT molecular complexity index is 483.